The molecule has 2 N–H and O–H groups in total. The number of carbonyl (C=O) groups is 2. The number of hydrogen-bond acceptors (Lipinski definition) is 6. The summed E-state index contributed by atoms with van der Waals surface area (Å²) in [5.74, 6) is -0.493. The average molecular weight is 332 g/mol. The van der Waals surface area contributed by atoms with Crippen LogP contribution in [0.2, 0.25) is 0 Å². The minimum absolute atomic E-state index is 0.0689. The summed E-state index contributed by atoms with van der Waals surface area (Å²) in [7, 11) is 1.68. The zero-order valence-corrected chi connectivity index (χ0v) is 13.7. The monoisotopic (exact) mass is 332 g/mol. The number of nitrogens with zero attached hydrogens (tertiary/aromatic N) is 5. The summed E-state index contributed by atoms with van der Waals surface area (Å²) in [6.45, 7) is 3.14. The van der Waals surface area contributed by atoms with E-state index in [2.05, 4.69) is 15.3 Å². The van der Waals surface area contributed by atoms with Crippen molar-refractivity contribution in [2.45, 2.75) is 19.9 Å². The van der Waals surface area contributed by atoms with Gasteiger partial charge in [0.2, 0.25) is 5.91 Å². The molecule has 1 aromatic carbocycles. The molecule has 1 aromatic rings. The molecule has 0 saturated heterocycles. The number of nitrogens with two attached hydrogens (primary N) is 1. The smallest absolute Gasteiger partial charge is 0.282 e. The Labute approximate surface area is 138 Å². The van der Waals surface area contributed by atoms with E-state index < -0.39 is 11.9 Å². The Morgan fingerprint density at radius 1 is 1.39 bits per heavy atom. The van der Waals surface area contributed by atoms with E-state index in [4.69, 9.17) is 18.0 Å². The van der Waals surface area contributed by atoms with Crippen LogP contribution in [0.5, 0.6) is 0 Å². The Hall–Kier alpha value is -2.68. The summed E-state index contributed by atoms with van der Waals surface area (Å²) < 4.78 is 0. The van der Waals surface area contributed by atoms with Gasteiger partial charge in [0.25, 0.3) is 5.91 Å². The molecule has 2 amide bonds. The van der Waals surface area contributed by atoms with Crippen molar-refractivity contribution in [3.05, 3.63) is 24.3 Å². The molecule has 23 heavy (non-hydrogen) atoms. The molecule has 0 aliphatic carbocycles. The van der Waals surface area contributed by atoms with Crippen molar-refractivity contribution < 1.29 is 9.59 Å². The van der Waals surface area contributed by atoms with Crippen LogP contribution in [0.25, 0.3) is 0 Å². The van der Waals surface area contributed by atoms with E-state index >= 15 is 0 Å². The van der Waals surface area contributed by atoms with Crippen LogP contribution in [-0.2, 0) is 9.59 Å². The van der Waals surface area contributed by atoms with Gasteiger partial charge >= 0.3 is 0 Å². The number of amides is 2. The van der Waals surface area contributed by atoms with E-state index in [0.717, 1.165) is 10.7 Å². The van der Waals surface area contributed by atoms with Crippen molar-refractivity contribution in [1.29, 1.82) is 0 Å². The summed E-state index contributed by atoms with van der Waals surface area (Å²) in [4.78, 5) is 24.8. The lowest BCUT2D eigenvalue weighted by Gasteiger charge is -2.14. The number of anilines is 1. The Morgan fingerprint density at radius 3 is 2.48 bits per heavy atom. The molecule has 0 radical (unpaired) electrons. The Morgan fingerprint density at radius 2 is 2.00 bits per heavy atom. The largest absolute Gasteiger partial charge is 0.374 e. The fourth-order valence-corrected chi connectivity index (χ4v) is 2.03. The zero-order chi connectivity index (χ0) is 17.1. The van der Waals surface area contributed by atoms with Crippen LogP contribution in [0.15, 0.2) is 39.6 Å². The quantitative estimate of drug-likeness (QED) is 0.670. The highest BCUT2D eigenvalue weighted by atomic mass is 32.1. The first kappa shape index (κ1) is 16.7. The van der Waals surface area contributed by atoms with Crippen molar-refractivity contribution in [2.24, 2.45) is 21.1 Å². The van der Waals surface area contributed by atoms with Crippen LogP contribution in [0.1, 0.15) is 13.8 Å². The fraction of sp³-hybridized carbons (Fsp3) is 0.286. The summed E-state index contributed by atoms with van der Waals surface area (Å²) >= 11 is 4.75. The second-order valence-corrected chi connectivity index (χ2v) is 5.36. The lowest BCUT2D eigenvalue weighted by atomic mass is 10.2. The topological polar surface area (TPSA) is 104 Å². The summed E-state index contributed by atoms with van der Waals surface area (Å²) in [6.07, 6.45) is 0. The number of hydrogen-bond donors (Lipinski definition) is 1. The third-order valence-electron chi connectivity index (χ3n) is 3.30. The van der Waals surface area contributed by atoms with E-state index in [9.17, 15) is 9.59 Å². The molecule has 1 heterocycles. The second kappa shape index (κ2) is 6.61. The van der Waals surface area contributed by atoms with E-state index in [-0.39, 0.29) is 11.0 Å². The van der Waals surface area contributed by atoms with Gasteiger partial charge in [-0.05, 0) is 43.4 Å². The first-order chi connectivity index (χ1) is 10.8. The van der Waals surface area contributed by atoms with Gasteiger partial charge in [0, 0.05) is 19.7 Å². The van der Waals surface area contributed by atoms with Gasteiger partial charge in [-0.2, -0.15) is 20.3 Å². The molecule has 0 aromatic heterocycles. The number of azo groups is 1. The van der Waals surface area contributed by atoms with E-state index in [0.29, 0.717) is 11.4 Å². The molecular weight excluding hydrogens is 316 g/mol. The van der Waals surface area contributed by atoms with Gasteiger partial charge in [0.15, 0.2) is 11.2 Å². The van der Waals surface area contributed by atoms with E-state index in [1.807, 2.05) is 0 Å². The zero-order valence-electron chi connectivity index (χ0n) is 12.9. The summed E-state index contributed by atoms with van der Waals surface area (Å²) in [5, 5.41) is 12.8. The predicted molar refractivity (Wildman–Crippen MR) is 90.6 cm³/mol. The molecule has 0 fully saturated rings. The van der Waals surface area contributed by atoms with Gasteiger partial charge in [0.1, 0.15) is 0 Å². The fourth-order valence-electron chi connectivity index (χ4n) is 1.90. The number of hydrazone groups is 1. The lowest BCUT2D eigenvalue weighted by molar-refractivity contribution is -0.126. The molecule has 2 rings (SSSR count). The molecule has 1 atom stereocenters. The lowest BCUT2D eigenvalue weighted by Crippen LogP contribution is -2.37. The van der Waals surface area contributed by atoms with Crippen molar-refractivity contribution in [2.75, 3.05) is 11.9 Å². The maximum Gasteiger partial charge on any atom is 0.282 e. The third kappa shape index (κ3) is 3.57. The standard InChI is InChI=1S/C14H16N6O2S/c1-8-12(13(22)20(18-8)14(15)23)17-16-10-4-6-11(7-5-10)19(3)9(2)21/h4-7,12H,1-3H3,(H2,15,23)/t12-/m0/s1. The molecule has 0 bridgehead atoms. The molecule has 0 saturated carbocycles. The van der Waals surface area contributed by atoms with Gasteiger partial charge in [-0.1, -0.05) is 0 Å². The van der Waals surface area contributed by atoms with Crippen LogP contribution < -0.4 is 10.6 Å². The van der Waals surface area contributed by atoms with Crippen LogP contribution in [-0.4, -0.2) is 40.7 Å². The van der Waals surface area contributed by atoms with Crippen molar-refractivity contribution >= 4 is 46.2 Å². The Balaban J connectivity index is 2.12. The normalized spacial score (nSPS) is 17.5. The number of thiocarbonyl (C=S) groups is 1. The molecule has 0 unspecified atom stereocenters. The highest BCUT2D eigenvalue weighted by Gasteiger charge is 2.35. The average Bonchev–Trinajstić information content (AvgIpc) is 2.80. The van der Waals surface area contributed by atoms with Crippen LogP contribution in [0.3, 0.4) is 0 Å². The maximum absolute atomic E-state index is 12.0. The molecule has 0 spiro atoms. The SMILES string of the molecule is CC(=O)N(C)c1ccc(N=N[C@@H]2C(=O)N(C(N)=S)N=C2C)cc1. The Bertz CT molecular complexity index is 712. The van der Waals surface area contributed by atoms with E-state index in [1.54, 1.807) is 38.2 Å². The van der Waals surface area contributed by atoms with Gasteiger partial charge in [0.05, 0.1) is 11.4 Å². The van der Waals surface area contributed by atoms with Gasteiger partial charge < -0.3 is 10.6 Å². The molecule has 8 nitrogen and oxygen atoms in total. The van der Waals surface area contributed by atoms with Crippen molar-refractivity contribution in [3.63, 3.8) is 0 Å². The number of rotatable bonds is 3. The highest BCUT2D eigenvalue weighted by Crippen LogP contribution is 2.21. The van der Waals surface area contributed by atoms with E-state index in [1.165, 1.54) is 11.8 Å². The molecule has 9 heteroatoms. The van der Waals surface area contributed by atoms with Crippen molar-refractivity contribution in [3.8, 4) is 0 Å². The molecular formula is C14H16N6O2S. The predicted octanol–water partition coefficient (Wildman–Crippen LogP) is 1.58. The summed E-state index contributed by atoms with van der Waals surface area (Å²) in [5.41, 5.74) is 7.18. The molecule has 1 aliphatic rings. The minimum Gasteiger partial charge on any atom is -0.374 e. The van der Waals surface area contributed by atoms with Gasteiger partial charge in [-0.25, -0.2) is 0 Å². The Kier molecular flexibility index (Phi) is 4.80. The second-order valence-electron chi connectivity index (χ2n) is 4.94. The first-order valence-corrected chi connectivity index (χ1v) is 7.16. The maximum atomic E-state index is 12.0. The van der Waals surface area contributed by atoms with Gasteiger partial charge in [-0.3, -0.25) is 9.59 Å². The van der Waals surface area contributed by atoms with Crippen LogP contribution in [0.4, 0.5) is 11.4 Å². The number of benzene rings is 1. The number of carbonyl (C=O) groups excluding carboxylic acids is 2. The van der Waals surface area contributed by atoms with Crippen LogP contribution >= 0.6 is 12.2 Å². The van der Waals surface area contributed by atoms with Gasteiger partial charge in [-0.15, -0.1) is 0 Å². The molecule has 120 valence electrons. The minimum atomic E-state index is -0.823. The highest BCUT2D eigenvalue weighted by molar-refractivity contribution is 7.80. The third-order valence-corrected chi connectivity index (χ3v) is 3.48. The molecule has 1 aliphatic heterocycles. The van der Waals surface area contributed by atoms with Crippen molar-refractivity contribution in [1.82, 2.24) is 5.01 Å². The summed E-state index contributed by atoms with van der Waals surface area (Å²) in [6, 6.07) is 6.07. The first-order valence-electron chi connectivity index (χ1n) is 6.75. The van der Waals surface area contributed by atoms with Crippen LogP contribution in [0, 0.1) is 0 Å².